The van der Waals surface area contributed by atoms with Crippen molar-refractivity contribution in [3.8, 4) is 0 Å². The van der Waals surface area contributed by atoms with Crippen LogP contribution < -0.4 is 5.73 Å². The van der Waals surface area contributed by atoms with Gasteiger partial charge < -0.3 is 5.73 Å². The van der Waals surface area contributed by atoms with E-state index >= 15 is 0 Å². The third-order valence-corrected chi connectivity index (χ3v) is 3.64. The molecular weight excluding hydrogens is 220 g/mol. The number of hydrogen-bond acceptors (Lipinski definition) is 2. The lowest BCUT2D eigenvalue weighted by Gasteiger charge is -2.20. The molecule has 1 saturated heterocycles. The molecule has 2 rings (SSSR count). The fourth-order valence-electron chi connectivity index (χ4n) is 2.62. The predicted molar refractivity (Wildman–Crippen MR) is 68.7 cm³/mol. The summed E-state index contributed by atoms with van der Waals surface area (Å²) in [5.41, 5.74) is 8.29. The van der Waals surface area contributed by atoms with Gasteiger partial charge in [-0.15, -0.1) is 0 Å². The molecular formula is C13H19ClN2. The van der Waals surface area contributed by atoms with E-state index < -0.39 is 0 Å². The Bertz CT molecular complexity index is 358. The van der Waals surface area contributed by atoms with Crippen LogP contribution in [0.25, 0.3) is 0 Å². The normalized spacial score (nSPS) is 26.2. The highest BCUT2D eigenvalue weighted by molar-refractivity contribution is 6.30. The van der Waals surface area contributed by atoms with E-state index in [0.29, 0.717) is 12.0 Å². The van der Waals surface area contributed by atoms with Gasteiger partial charge in [0.05, 0.1) is 0 Å². The van der Waals surface area contributed by atoms with Gasteiger partial charge >= 0.3 is 0 Å². The molecule has 2 unspecified atom stereocenters. The van der Waals surface area contributed by atoms with Gasteiger partial charge in [-0.2, -0.15) is 0 Å². The molecule has 0 saturated carbocycles. The predicted octanol–water partition coefficient (Wildman–Crippen LogP) is 2.60. The van der Waals surface area contributed by atoms with E-state index in [2.05, 4.69) is 31.0 Å². The van der Waals surface area contributed by atoms with Gasteiger partial charge in [-0.25, -0.2) is 0 Å². The number of aryl methyl sites for hydroxylation is 1. The summed E-state index contributed by atoms with van der Waals surface area (Å²) in [5, 5.41) is 0.833. The number of likely N-dealkylation sites (tertiary alicyclic amines) is 1. The monoisotopic (exact) mass is 238 g/mol. The summed E-state index contributed by atoms with van der Waals surface area (Å²) in [4.78, 5) is 2.38. The van der Waals surface area contributed by atoms with E-state index in [1.807, 2.05) is 6.07 Å². The molecule has 88 valence electrons. The Morgan fingerprint density at radius 1 is 1.44 bits per heavy atom. The van der Waals surface area contributed by atoms with Crippen molar-refractivity contribution >= 4 is 11.6 Å². The van der Waals surface area contributed by atoms with E-state index in [4.69, 9.17) is 17.3 Å². The van der Waals surface area contributed by atoms with Gasteiger partial charge in [-0.05, 0) is 56.1 Å². The fourth-order valence-corrected chi connectivity index (χ4v) is 2.92. The smallest absolute Gasteiger partial charge is 0.0411 e. The first-order chi connectivity index (χ1) is 7.60. The Morgan fingerprint density at radius 2 is 2.19 bits per heavy atom. The molecule has 1 aliphatic rings. The van der Waals surface area contributed by atoms with Gasteiger partial charge in [0.15, 0.2) is 0 Å². The molecule has 2 N–H and O–H groups in total. The Hall–Kier alpha value is -0.570. The van der Waals surface area contributed by atoms with Crippen LogP contribution in [0.1, 0.15) is 23.6 Å². The molecule has 0 aliphatic carbocycles. The fraction of sp³-hybridized carbons (Fsp3) is 0.538. The molecule has 0 aromatic heterocycles. The Labute approximate surface area is 102 Å². The molecule has 2 nitrogen and oxygen atoms in total. The average molecular weight is 239 g/mol. The van der Waals surface area contributed by atoms with Crippen LogP contribution in [0.3, 0.4) is 0 Å². The van der Waals surface area contributed by atoms with Crippen molar-refractivity contribution in [2.45, 2.75) is 19.4 Å². The van der Waals surface area contributed by atoms with Gasteiger partial charge in [0.2, 0.25) is 0 Å². The summed E-state index contributed by atoms with van der Waals surface area (Å²) in [6.45, 7) is 3.96. The third-order valence-electron chi connectivity index (χ3n) is 3.42. The highest BCUT2D eigenvalue weighted by Gasteiger charge is 2.29. The van der Waals surface area contributed by atoms with E-state index in [0.717, 1.165) is 24.5 Å². The van der Waals surface area contributed by atoms with Crippen LogP contribution in [-0.4, -0.2) is 25.0 Å². The zero-order valence-electron chi connectivity index (χ0n) is 9.91. The van der Waals surface area contributed by atoms with Gasteiger partial charge in [-0.1, -0.05) is 17.7 Å². The SMILES string of the molecule is Cc1cc(Cl)cc(C2CC(CN)CN2C)c1. The number of hydrogen-bond donors (Lipinski definition) is 1. The topological polar surface area (TPSA) is 29.3 Å². The van der Waals surface area contributed by atoms with Crippen molar-refractivity contribution < 1.29 is 0 Å². The Kier molecular flexibility index (Phi) is 3.53. The molecule has 1 aromatic carbocycles. The van der Waals surface area contributed by atoms with Crippen molar-refractivity contribution in [1.82, 2.24) is 4.90 Å². The molecule has 0 radical (unpaired) electrons. The standard InChI is InChI=1S/C13H19ClN2/c1-9-3-11(6-12(14)4-9)13-5-10(7-15)8-16(13)2/h3-4,6,10,13H,5,7-8,15H2,1-2H3. The number of benzene rings is 1. The lowest BCUT2D eigenvalue weighted by Crippen LogP contribution is -2.20. The van der Waals surface area contributed by atoms with E-state index in [1.165, 1.54) is 11.1 Å². The zero-order valence-corrected chi connectivity index (χ0v) is 10.7. The summed E-state index contributed by atoms with van der Waals surface area (Å²) in [6, 6.07) is 6.78. The van der Waals surface area contributed by atoms with Crippen molar-refractivity contribution in [1.29, 1.82) is 0 Å². The molecule has 1 aromatic rings. The maximum absolute atomic E-state index is 6.10. The molecule has 0 spiro atoms. The van der Waals surface area contributed by atoms with E-state index in [-0.39, 0.29) is 0 Å². The summed E-state index contributed by atoms with van der Waals surface area (Å²) in [5.74, 6) is 0.620. The third kappa shape index (κ3) is 2.40. The maximum Gasteiger partial charge on any atom is 0.0411 e. The first-order valence-electron chi connectivity index (χ1n) is 5.77. The number of halogens is 1. The molecule has 0 bridgehead atoms. The van der Waals surface area contributed by atoms with Crippen LogP contribution in [-0.2, 0) is 0 Å². The van der Waals surface area contributed by atoms with Crippen molar-refractivity contribution in [2.75, 3.05) is 20.1 Å². The van der Waals surface area contributed by atoms with Crippen molar-refractivity contribution in [3.63, 3.8) is 0 Å². The van der Waals surface area contributed by atoms with Crippen molar-refractivity contribution in [2.24, 2.45) is 11.7 Å². The number of nitrogens with two attached hydrogens (primary N) is 1. The van der Waals surface area contributed by atoms with Gasteiger partial charge in [0, 0.05) is 17.6 Å². The Morgan fingerprint density at radius 3 is 2.75 bits per heavy atom. The quantitative estimate of drug-likeness (QED) is 0.858. The van der Waals surface area contributed by atoms with Gasteiger partial charge in [0.1, 0.15) is 0 Å². The highest BCUT2D eigenvalue weighted by Crippen LogP contribution is 2.35. The minimum Gasteiger partial charge on any atom is -0.330 e. The maximum atomic E-state index is 6.10. The van der Waals surface area contributed by atoms with Crippen LogP contribution >= 0.6 is 11.6 Å². The van der Waals surface area contributed by atoms with Gasteiger partial charge in [-0.3, -0.25) is 4.90 Å². The second kappa shape index (κ2) is 4.74. The highest BCUT2D eigenvalue weighted by atomic mass is 35.5. The molecule has 3 heteroatoms. The molecule has 1 fully saturated rings. The molecule has 2 atom stereocenters. The molecule has 0 amide bonds. The van der Waals surface area contributed by atoms with Crippen LogP contribution in [0.4, 0.5) is 0 Å². The van der Waals surface area contributed by atoms with E-state index in [1.54, 1.807) is 0 Å². The summed E-state index contributed by atoms with van der Waals surface area (Å²) in [7, 11) is 2.16. The first-order valence-corrected chi connectivity index (χ1v) is 6.15. The molecule has 16 heavy (non-hydrogen) atoms. The Balaban J connectivity index is 2.24. The second-order valence-electron chi connectivity index (χ2n) is 4.85. The minimum absolute atomic E-state index is 0.478. The largest absolute Gasteiger partial charge is 0.330 e. The summed E-state index contributed by atoms with van der Waals surface area (Å²) in [6.07, 6.45) is 1.15. The second-order valence-corrected chi connectivity index (χ2v) is 5.29. The summed E-state index contributed by atoms with van der Waals surface area (Å²) < 4.78 is 0. The number of rotatable bonds is 2. The molecule has 1 aliphatic heterocycles. The lowest BCUT2D eigenvalue weighted by molar-refractivity contribution is 0.313. The minimum atomic E-state index is 0.478. The van der Waals surface area contributed by atoms with Crippen LogP contribution in [0.2, 0.25) is 5.02 Å². The zero-order chi connectivity index (χ0) is 11.7. The van der Waals surface area contributed by atoms with Gasteiger partial charge in [0.25, 0.3) is 0 Å². The lowest BCUT2D eigenvalue weighted by atomic mass is 9.99. The number of nitrogens with zero attached hydrogens (tertiary/aromatic N) is 1. The van der Waals surface area contributed by atoms with Crippen molar-refractivity contribution in [3.05, 3.63) is 34.3 Å². The summed E-state index contributed by atoms with van der Waals surface area (Å²) >= 11 is 6.10. The van der Waals surface area contributed by atoms with Crippen LogP contribution in [0.5, 0.6) is 0 Å². The van der Waals surface area contributed by atoms with Crippen LogP contribution in [0.15, 0.2) is 18.2 Å². The average Bonchev–Trinajstić information content (AvgIpc) is 2.58. The van der Waals surface area contributed by atoms with E-state index in [9.17, 15) is 0 Å². The molecule has 1 heterocycles. The first kappa shape index (κ1) is 11.9. The van der Waals surface area contributed by atoms with Crippen LogP contribution in [0, 0.1) is 12.8 Å².